The van der Waals surface area contributed by atoms with Crippen LogP contribution in [0, 0.1) is 0 Å². The van der Waals surface area contributed by atoms with Crippen LogP contribution in [0.25, 0.3) is 0 Å². The Balaban J connectivity index is 2.53. The van der Waals surface area contributed by atoms with Crippen LogP contribution in [0.1, 0.15) is 22.8 Å². The molecule has 1 heterocycles. The lowest BCUT2D eigenvalue weighted by atomic mass is 10.1. The van der Waals surface area contributed by atoms with Crippen molar-refractivity contribution in [1.29, 1.82) is 0 Å². The van der Waals surface area contributed by atoms with E-state index in [0.717, 1.165) is 22.3 Å². The van der Waals surface area contributed by atoms with Crippen LogP contribution in [0.15, 0.2) is 16.6 Å². The molecule has 1 aromatic rings. The van der Waals surface area contributed by atoms with E-state index in [1.165, 1.54) is 0 Å². The van der Waals surface area contributed by atoms with Crippen LogP contribution < -0.4 is 5.32 Å². The Kier molecular flexibility index (Phi) is 2.46. The second kappa shape index (κ2) is 3.61. The van der Waals surface area contributed by atoms with Crippen molar-refractivity contribution < 1.29 is 9.53 Å². The molecule has 0 spiro atoms. The van der Waals surface area contributed by atoms with Gasteiger partial charge in [-0.1, -0.05) is 0 Å². The number of anilines is 1. The van der Waals surface area contributed by atoms with E-state index in [4.69, 9.17) is 4.74 Å². The third kappa shape index (κ3) is 1.39. The van der Waals surface area contributed by atoms with Gasteiger partial charge in [0.2, 0.25) is 0 Å². The molecule has 74 valence electrons. The zero-order chi connectivity index (χ0) is 10.1. The lowest BCUT2D eigenvalue weighted by Crippen LogP contribution is -2.02. The fourth-order valence-electron chi connectivity index (χ4n) is 1.54. The van der Waals surface area contributed by atoms with Gasteiger partial charge in [0.05, 0.1) is 11.3 Å². The second-order valence-corrected chi connectivity index (χ2v) is 3.91. The normalized spacial score (nSPS) is 13.7. The van der Waals surface area contributed by atoms with Crippen molar-refractivity contribution in [3.05, 3.63) is 27.7 Å². The Morgan fingerprint density at radius 1 is 1.57 bits per heavy atom. The SMILES string of the molecule is CCNc1c(Br)ccc2c1COC2=O. The summed E-state index contributed by atoms with van der Waals surface area (Å²) in [7, 11) is 0. The summed E-state index contributed by atoms with van der Waals surface area (Å²) >= 11 is 3.44. The Hall–Kier alpha value is -1.03. The van der Waals surface area contributed by atoms with E-state index in [0.29, 0.717) is 12.2 Å². The number of hydrogen-bond acceptors (Lipinski definition) is 3. The van der Waals surface area contributed by atoms with E-state index in [9.17, 15) is 4.79 Å². The summed E-state index contributed by atoms with van der Waals surface area (Å²) in [5.41, 5.74) is 2.59. The van der Waals surface area contributed by atoms with Gasteiger partial charge in [0.1, 0.15) is 6.61 Å². The van der Waals surface area contributed by atoms with Crippen LogP contribution in [0.3, 0.4) is 0 Å². The molecule has 0 saturated heterocycles. The maximum Gasteiger partial charge on any atom is 0.338 e. The number of esters is 1. The third-order valence-electron chi connectivity index (χ3n) is 2.18. The lowest BCUT2D eigenvalue weighted by molar-refractivity contribution is 0.0535. The lowest BCUT2D eigenvalue weighted by Gasteiger charge is -2.09. The van der Waals surface area contributed by atoms with Crippen molar-refractivity contribution in [2.75, 3.05) is 11.9 Å². The quantitative estimate of drug-likeness (QED) is 0.826. The molecular formula is C10H10BrNO2. The Labute approximate surface area is 90.6 Å². The van der Waals surface area contributed by atoms with Crippen molar-refractivity contribution in [3.8, 4) is 0 Å². The average Bonchev–Trinajstić information content (AvgIpc) is 2.53. The molecule has 0 radical (unpaired) electrons. The van der Waals surface area contributed by atoms with Crippen LogP contribution >= 0.6 is 15.9 Å². The van der Waals surface area contributed by atoms with Crippen molar-refractivity contribution in [2.24, 2.45) is 0 Å². The van der Waals surface area contributed by atoms with Gasteiger partial charge in [-0.05, 0) is 35.0 Å². The molecule has 0 aliphatic carbocycles. The summed E-state index contributed by atoms with van der Waals surface area (Å²) in [6, 6.07) is 3.65. The first-order valence-electron chi connectivity index (χ1n) is 4.46. The van der Waals surface area contributed by atoms with Crippen molar-refractivity contribution in [3.63, 3.8) is 0 Å². The maximum atomic E-state index is 11.3. The van der Waals surface area contributed by atoms with Gasteiger partial charge >= 0.3 is 5.97 Å². The number of rotatable bonds is 2. The molecule has 0 amide bonds. The Bertz CT molecular complexity index is 390. The van der Waals surface area contributed by atoms with Crippen molar-refractivity contribution in [1.82, 2.24) is 0 Å². The van der Waals surface area contributed by atoms with Gasteiger partial charge in [0.15, 0.2) is 0 Å². The zero-order valence-electron chi connectivity index (χ0n) is 7.76. The minimum Gasteiger partial charge on any atom is -0.457 e. The number of carbonyl (C=O) groups excluding carboxylic acids is 1. The highest BCUT2D eigenvalue weighted by atomic mass is 79.9. The largest absolute Gasteiger partial charge is 0.457 e. The number of halogens is 1. The van der Waals surface area contributed by atoms with Crippen molar-refractivity contribution >= 4 is 27.6 Å². The number of ether oxygens (including phenoxy) is 1. The van der Waals surface area contributed by atoms with Gasteiger partial charge in [0, 0.05) is 16.6 Å². The highest BCUT2D eigenvalue weighted by molar-refractivity contribution is 9.10. The molecule has 0 fully saturated rings. The molecule has 3 nitrogen and oxygen atoms in total. The third-order valence-corrected chi connectivity index (χ3v) is 2.84. The number of fused-ring (bicyclic) bond motifs is 1. The first kappa shape index (κ1) is 9.52. The Morgan fingerprint density at radius 3 is 3.07 bits per heavy atom. The molecule has 14 heavy (non-hydrogen) atoms. The first-order valence-corrected chi connectivity index (χ1v) is 5.25. The summed E-state index contributed by atoms with van der Waals surface area (Å²) in [5, 5.41) is 3.22. The van der Waals surface area contributed by atoms with E-state index in [2.05, 4.69) is 21.2 Å². The standard InChI is InChI=1S/C10H10BrNO2/c1-2-12-9-7-5-14-10(13)6(7)3-4-8(9)11/h3-4,12H,2,5H2,1H3. The van der Waals surface area contributed by atoms with Gasteiger partial charge < -0.3 is 10.1 Å². The van der Waals surface area contributed by atoms with Crippen LogP contribution in [0.2, 0.25) is 0 Å². The molecule has 0 aromatic heterocycles. The minimum absolute atomic E-state index is 0.230. The molecule has 1 aliphatic rings. The summed E-state index contributed by atoms with van der Waals surface area (Å²) in [6.07, 6.45) is 0. The molecule has 0 unspecified atom stereocenters. The fraction of sp³-hybridized carbons (Fsp3) is 0.300. The van der Waals surface area contributed by atoms with Crippen LogP contribution in [-0.2, 0) is 11.3 Å². The first-order chi connectivity index (χ1) is 6.74. The number of carbonyl (C=O) groups is 1. The number of nitrogens with one attached hydrogen (secondary N) is 1. The predicted molar refractivity (Wildman–Crippen MR) is 57.4 cm³/mol. The smallest absolute Gasteiger partial charge is 0.338 e. The van der Waals surface area contributed by atoms with Gasteiger partial charge in [0.25, 0.3) is 0 Å². The molecular weight excluding hydrogens is 246 g/mol. The van der Waals surface area contributed by atoms with Gasteiger partial charge in [-0.25, -0.2) is 4.79 Å². The van der Waals surface area contributed by atoms with E-state index in [1.54, 1.807) is 6.07 Å². The number of cyclic esters (lactones) is 1. The molecule has 2 rings (SSSR count). The van der Waals surface area contributed by atoms with Crippen molar-refractivity contribution in [2.45, 2.75) is 13.5 Å². The van der Waals surface area contributed by atoms with Gasteiger partial charge in [-0.2, -0.15) is 0 Å². The van der Waals surface area contributed by atoms with Gasteiger partial charge in [-0.3, -0.25) is 0 Å². The Morgan fingerprint density at radius 2 is 2.36 bits per heavy atom. The van der Waals surface area contributed by atoms with Gasteiger partial charge in [-0.15, -0.1) is 0 Å². The average molecular weight is 256 g/mol. The maximum absolute atomic E-state index is 11.3. The highest BCUT2D eigenvalue weighted by Gasteiger charge is 2.24. The summed E-state index contributed by atoms with van der Waals surface area (Å²) < 4.78 is 5.93. The minimum atomic E-state index is -0.230. The van der Waals surface area contributed by atoms with Crippen LogP contribution in [-0.4, -0.2) is 12.5 Å². The summed E-state index contributed by atoms with van der Waals surface area (Å²) in [6.45, 7) is 3.21. The molecule has 0 bridgehead atoms. The molecule has 1 aliphatic heterocycles. The fourth-order valence-corrected chi connectivity index (χ4v) is 2.06. The second-order valence-electron chi connectivity index (χ2n) is 3.05. The van der Waals surface area contributed by atoms with E-state index in [1.807, 2.05) is 13.0 Å². The molecule has 4 heteroatoms. The topological polar surface area (TPSA) is 38.3 Å². The predicted octanol–water partition coefficient (Wildman–Crippen LogP) is 2.55. The number of benzene rings is 1. The monoisotopic (exact) mass is 255 g/mol. The highest BCUT2D eigenvalue weighted by Crippen LogP contribution is 2.33. The molecule has 0 atom stereocenters. The van der Waals surface area contributed by atoms with Crippen LogP contribution in [0.5, 0.6) is 0 Å². The van der Waals surface area contributed by atoms with E-state index >= 15 is 0 Å². The zero-order valence-corrected chi connectivity index (χ0v) is 9.35. The van der Waals surface area contributed by atoms with E-state index in [-0.39, 0.29) is 5.97 Å². The summed E-state index contributed by atoms with van der Waals surface area (Å²) in [4.78, 5) is 11.3. The summed E-state index contributed by atoms with van der Waals surface area (Å²) in [5.74, 6) is -0.230. The van der Waals surface area contributed by atoms with Crippen LogP contribution in [0.4, 0.5) is 5.69 Å². The molecule has 0 saturated carbocycles. The van der Waals surface area contributed by atoms with E-state index < -0.39 is 0 Å². The molecule has 1 aromatic carbocycles. The molecule has 1 N–H and O–H groups in total. The number of hydrogen-bond donors (Lipinski definition) is 1.